The number of rotatable bonds is 25. The number of nitrogens with one attached hydrogen (secondary N) is 9. The molecule has 2 saturated heterocycles. The summed E-state index contributed by atoms with van der Waals surface area (Å²) in [6, 6.07) is 77.9. The molecule has 0 spiro atoms. The number of fused-ring (bicyclic) bond motifs is 4. The number of hydrogen-bond acceptors (Lipinski definition) is 18. The number of aromatic amines is 4. The second kappa shape index (κ2) is 43.2. The Balaban J connectivity index is 0.000000128. The summed E-state index contributed by atoms with van der Waals surface area (Å²) in [4.78, 5) is 132. The van der Waals surface area contributed by atoms with E-state index in [0.717, 1.165) is 171 Å². The Bertz CT molecular complexity index is 7580. The van der Waals surface area contributed by atoms with Crippen LogP contribution in [0.3, 0.4) is 0 Å². The Morgan fingerprint density at radius 1 is 0.406 bits per heavy atom. The van der Waals surface area contributed by atoms with Gasteiger partial charge in [-0.25, -0.2) is 19.9 Å². The van der Waals surface area contributed by atoms with Gasteiger partial charge in [-0.05, 0) is 237 Å². The normalized spacial score (nSPS) is 12.7. The Hall–Kier alpha value is -17.3. The maximum Gasteiger partial charge on any atom is 0.253 e. The zero-order chi connectivity index (χ0) is 95.5. The van der Waals surface area contributed by atoms with Gasteiger partial charge < -0.3 is 70.7 Å². The van der Waals surface area contributed by atoms with Gasteiger partial charge in [0.25, 0.3) is 23.6 Å². The van der Waals surface area contributed by atoms with Gasteiger partial charge in [-0.15, -0.1) is 0 Å². The molecule has 2 fully saturated rings. The minimum Gasteiger partial charge on any atom is -0.496 e. The van der Waals surface area contributed by atoms with Crippen LogP contribution in [0.5, 0.6) is 5.75 Å². The molecular weight excluding hydrogens is 1740 g/mol. The maximum atomic E-state index is 13.2. The van der Waals surface area contributed by atoms with E-state index in [2.05, 4.69) is 111 Å². The first-order valence-corrected chi connectivity index (χ1v) is 45.8. The summed E-state index contributed by atoms with van der Waals surface area (Å²) in [6.07, 6.45) is 24.7. The molecule has 14 heterocycles. The zero-order valence-corrected chi connectivity index (χ0v) is 76.8. The summed E-state index contributed by atoms with van der Waals surface area (Å²) in [5.41, 5.74) is 21.0. The number of ether oxygens (including phenoxy) is 2. The van der Waals surface area contributed by atoms with Crippen molar-refractivity contribution in [2.75, 3.05) is 87.9 Å². The summed E-state index contributed by atoms with van der Waals surface area (Å²) < 4.78 is 18.4. The number of imidazole rings is 4. The zero-order valence-electron chi connectivity index (χ0n) is 76.8. The number of likely N-dealkylation sites (tertiary alicyclic amines) is 2. The third-order valence-corrected chi connectivity index (χ3v) is 24.5. The van der Waals surface area contributed by atoms with Crippen molar-refractivity contribution in [2.45, 2.75) is 58.3 Å². The molecule has 6 aromatic carbocycles. The molecule has 138 heavy (non-hydrogen) atoms. The third kappa shape index (κ3) is 21.8. The molecule has 0 aliphatic carbocycles. The molecule has 0 saturated carbocycles. The summed E-state index contributed by atoms with van der Waals surface area (Å²) in [5.74, 6) is 2.28. The van der Waals surface area contributed by atoms with E-state index >= 15 is 0 Å². The molecule has 12 aromatic heterocycles. The molecule has 2 aliphatic rings. The van der Waals surface area contributed by atoms with E-state index in [-0.39, 0.29) is 45.9 Å². The minimum absolute atomic E-state index is 0.0195. The van der Waals surface area contributed by atoms with Crippen molar-refractivity contribution >= 4 is 91.7 Å². The lowest BCUT2D eigenvalue weighted by Gasteiger charge is -2.33. The van der Waals surface area contributed by atoms with E-state index in [1.165, 1.54) is 11.1 Å². The molecule has 30 nitrogen and oxygen atoms in total. The lowest BCUT2D eigenvalue weighted by Crippen LogP contribution is -2.37. The first kappa shape index (κ1) is 92.6. The number of likely N-dealkylation sites (N-methyl/N-ethyl adjacent to an activating group) is 1. The average Bonchev–Trinajstić information content (AvgIpc) is 1.60. The molecule has 696 valence electrons. The van der Waals surface area contributed by atoms with E-state index in [9.17, 15) is 38.4 Å². The van der Waals surface area contributed by atoms with Crippen molar-refractivity contribution in [3.05, 3.63) is 398 Å². The number of carbonyl (C=O) groups is 4. The number of anilines is 8. The van der Waals surface area contributed by atoms with Crippen LogP contribution in [-0.2, 0) is 4.74 Å². The Morgan fingerprint density at radius 2 is 0.746 bits per heavy atom. The van der Waals surface area contributed by atoms with Crippen molar-refractivity contribution in [1.82, 2.24) is 77.5 Å². The van der Waals surface area contributed by atoms with Crippen LogP contribution >= 0.6 is 0 Å². The summed E-state index contributed by atoms with van der Waals surface area (Å²) >= 11 is 0. The number of benzene rings is 6. The van der Waals surface area contributed by atoms with Crippen LogP contribution in [0.25, 0.3) is 67.6 Å². The number of nitrogens with zero attached hydrogens (tertiary/aromatic N) is 11. The smallest absolute Gasteiger partial charge is 0.253 e. The molecule has 9 N–H and O–H groups in total. The number of aromatic nitrogens is 12. The molecule has 0 atom stereocenters. The standard InChI is InChI=1S/C31H29N5O3.C30H27N5O2.C24H25N5O3.C23H23N5O2/c1-39-28-5-3-2-4-25(28)21-13-17-35(18-14-21)31(38)22-6-8-24(9-7-22)34-26-10-11-27(36-19-16-33-30(26)36)23-12-15-32-29(37)20-23;36-28-20-24(12-15-31-28)27-11-10-26(29-32-16-19-35(27)29)33-25-8-6-23(7-9-25)30(37)34-17-13-22(14-18-34)21-4-2-1-3-5-21;1-3-28(14-15-32-2)24(31)17-4-6-19(7-5-17)27-20-8-9-21(29-13-12-26-23(20)29)18-10-11-25-22(30)16-18;1-15(2)14-26-23(30)16-3-5-18(6-4-16)27-19-7-8-20(28-12-11-25-22(19)28)17-9-10-24-21(29)13-17/h2-12,15-16,19-21,34H,13-14,17-18H2,1H3,(H,32,37);1-12,15-16,19-20,22,33H,13-14,17-18H2,(H,31,36);4-13,16,27H,3,14-15H2,1-2H3,(H,25,30);3-13,15,27H,14H2,1-2H3,(H,24,29)(H,26,30). The van der Waals surface area contributed by atoms with Gasteiger partial charge >= 0.3 is 0 Å². The quantitative estimate of drug-likeness (QED) is 0.0257. The molecule has 0 unspecified atom stereocenters. The van der Waals surface area contributed by atoms with Crippen LogP contribution in [0.2, 0.25) is 0 Å². The number of H-pyrrole nitrogens is 4. The van der Waals surface area contributed by atoms with Crippen molar-refractivity contribution in [3.8, 4) is 50.8 Å². The Morgan fingerprint density at radius 3 is 1.09 bits per heavy atom. The number of piperidine rings is 2. The fraction of sp³-hybridized carbons (Fsp3) is 0.185. The number of amides is 4. The van der Waals surface area contributed by atoms with Gasteiger partial charge in [0.05, 0.1) is 59.2 Å². The highest BCUT2D eigenvalue weighted by atomic mass is 16.5. The van der Waals surface area contributed by atoms with Gasteiger partial charge in [-0.1, -0.05) is 62.4 Å². The highest BCUT2D eigenvalue weighted by Gasteiger charge is 2.29. The lowest BCUT2D eigenvalue weighted by atomic mass is 9.88. The van der Waals surface area contributed by atoms with Crippen LogP contribution in [0, 0.1) is 5.92 Å². The Kier molecular flexibility index (Phi) is 29.0. The number of carbonyl (C=O) groups excluding carboxylic acids is 4. The summed E-state index contributed by atoms with van der Waals surface area (Å²) in [5, 5.41) is 16.5. The van der Waals surface area contributed by atoms with Crippen molar-refractivity contribution in [1.29, 1.82) is 0 Å². The van der Waals surface area contributed by atoms with Crippen LogP contribution in [0.1, 0.15) is 111 Å². The van der Waals surface area contributed by atoms with Gasteiger partial charge in [-0.2, -0.15) is 0 Å². The first-order valence-electron chi connectivity index (χ1n) is 45.8. The summed E-state index contributed by atoms with van der Waals surface area (Å²) in [6.45, 7) is 11.4. The summed E-state index contributed by atoms with van der Waals surface area (Å²) in [7, 11) is 3.33. The SMILES string of the molecule is CC(C)CNC(=O)c1ccc(Nc2ccc(-c3cc[nH]c(=O)c3)n3ccnc23)cc1.CCN(CCOC)C(=O)c1ccc(Nc2ccc(-c3cc[nH]c(=O)c3)n3ccnc23)cc1.COc1ccccc1C1CCN(C(=O)c2ccc(Nc3ccc(-c4cc[nH]c(=O)c4)n4ccnc34)cc2)CC1.O=C(c1ccc(Nc2ccc(-c3cc[nH]c(=O)c3)n3ccnc23)cc1)N1CCC(c2ccccc2)CC1. The van der Waals surface area contributed by atoms with Gasteiger partial charge in [0.15, 0.2) is 22.6 Å². The van der Waals surface area contributed by atoms with E-state index < -0.39 is 0 Å². The van der Waals surface area contributed by atoms with Crippen LogP contribution in [-0.4, -0.2) is 162 Å². The van der Waals surface area contributed by atoms with Gasteiger partial charge in [0.1, 0.15) is 5.75 Å². The third-order valence-electron chi connectivity index (χ3n) is 24.5. The van der Waals surface area contributed by atoms with E-state index in [4.69, 9.17) is 9.47 Å². The maximum absolute atomic E-state index is 13.2. The number of methoxy groups -OCH3 is 2. The van der Waals surface area contributed by atoms with Gasteiger partial charge in [0.2, 0.25) is 22.2 Å². The fourth-order valence-corrected chi connectivity index (χ4v) is 17.3. The minimum atomic E-state index is -0.156. The molecule has 18 aromatic rings. The van der Waals surface area contributed by atoms with Crippen molar-refractivity contribution in [2.24, 2.45) is 5.92 Å². The van der Waals surface area contributed by atoms with E-state index in [0.29, 0.717) is 66.2 Å². The average molecular weight is 1840 g/mol. The molecule has 4 amide bonds. The van der Waals surface area contributed by atoms with Gasteiger partial charge in [0, 0.05) is 219 Å². The largest absolute Gasteiger partial charge is 0.496 e. The molecule has 2 aliphatic heterocycles. The monoisotopic (exact) mass is 1840 g/mol. The van der Waals surface area contributed by atoms with E-state index in [1.54, 1.807) is 105 Å². The van der Waals surface area contributed by atoms with Crippen molar-refractivity contribution < 1.29 is 28.7 Å². The predicted octanol–water partition coefficient (Wildman–Crippen LogP) is 18.3. The first-order chi connectivity index (χ1) is 67.4. The number of pyridine rings is 8. The predicted molar refractivity (Wildman–Crippen MR) is 540 cm³/mol. The topological polar surface area (TPSA) is 357 Å². The number of para-hydroxylation sites is 1. The van der Waals surface area contributed by atoms with Crippen LogP contribution in [0.15, 0.2) is 342 Å². The second-order valence-electron chi connectivity index (χ2n) is 33.9. The Labute approximate surface area is 794 Å². The van der Waals surface area contributed by atoms with Crippen LogP contribution < -0.4 is 53.6 Å². The molecule has 0 bridgehead atoms. The molecule has 30 heteroatoms. The van der Waals surface area contributed by atoms with Gasteiger partial charge in [-0.3, -0.25) is 56.0 Å². The number of hydrogen-bond donors (Lipinski definition) is 9. The van der Waals surface area contributed by atoms with Crippen LogP contribution in [0.4, 0.5) is 45.5 Å². The lowest BCUT2D eigenvalue weighted by molar-refractivity contribution is 0.0701. The molecular formula is C108H104N20O10. The second-order valence-corrected chi connectivity index (χ2v) is 33.9. The highest BCUT2D eigenvalue weighted by Crippen LogP contribution is 2.38. The molecule has 0 radical (unpaired) electrons. The highest BCUT2D eigenvalue weighted by molar-refractivity contribution is 5.97. The van der Waals surface area contributed by atoms with Crippen molar-refractivity contribution in [3.63, 3.8) is 0 Å². The fourth-order valence-electron chi connectivity index (χ4n) is 17.3. The van der Waals surface area contributed by atoms with E-state index in [1.807, 2.05) is 241 Å². The molecule has 20 rings (SSSR count).